The first kappa shape index (κ1) is 7.40. The van der Waals surface area contributed by atoms with Crippen LogP contribution in [-0.4, -0.2) is 5.54 Å². The Morgan fingerprint density at radius 2 is 1.90 bits per heavy atom. The Kier molecular flexibility index (Phi) is 2.16. The van der Waals surface area contributed by atoms with E-state index in [-0.39, 0.29) is 5.54 Å². The number of hydrogen-bond donors (Lipinski definition) is 1. The van der Waals surface area contributed by atoms with Crippen molar-refractivity contribution in [2.75, 3.05) is 0 Å². The van der Waals surface area contributed by atoms with Gasteiger partial charge in [-0.25, -0.2) is 0 Å². The van der Waals surface area contributed by atoms with E-state index in [2.05, 4.69) is 12.2 Å². The average Bonchev–Trinajstić information content (AvgIpc) is 1.89. The number of hydrogen-bond acceptors (Lipinski definition) is 2. The Balaban J connectivity index is 2.42. The van der Waals surface area contributed by atoms with E-state index in [1.165, 1.54) is 19.3 Å². The van der Waals surface area contributed by atoms with Gasteiger partial charge in [-0.15, -0.1) is 0 Å². The van der Waals surface area contributed by atoms with Gasteiger partial charge in [-0.3, -0.25) is 0 Å². The van der Waals surface area contributed by atoms with Crippen LogP contribution in [0.15, 0.2) is 0 Å². The molecule has 0 atom stereocenters. The minimum absolute atomic E-state index is 0.118. The second kappa shape index (κ2) is 2.92. The highest BCUT2D eigenvalue weighted by Crippen LogP contribution is 2.26. The minimum Gasteiger partial charge on any atom is -0.318 e. The molecule has 10 heavy (non-hydrogen) atoms. The van der Waals surface area contributed by atoms with Gasteiger partial charge in [0.15, 0.2) is 6.19 Å². The monoisotopic (exact) mass is 138 g/mol. The largest absolute Gasteiger partial charge is 0.318 e. The van der Waals surface area contributed by atoms with Gasteiger partial charge in [-0.1, -0.05) is 19.3 Å². The average molecular weight is 138 g/mol. The fourth-order valence-electron chi connectivity index (χ4n) is 1.59. The Hall–Kier alpha value is -0.710. The molecule has 0 aromatic carbocycles. The fourth-order valence-corrected chi connectivity index (χ4v) is 1.59. The lowest BCUT2D eigenvalue weighted by molar-refractivity contribution is 0.285. The van der Waals surface area contributed by atoms with Gasteiger partial charge < -0.3 is 5.32 Å². The summed E-state index contributed by atoms with van der Waals surface area (Å²) in [5.41, 5.74) is 0.118. The van der Waals surface area contributed by atoms with Crippen molar-refractivity contribution in [2.45, 2.75) is 44.6 Å². The van der Waals surface area contributed by atoms with E-state index in [0.29, 0.717) is 0 Å². The van der Waals surface area contributed by atoms with E-state index in [4.69, 9.17) is 5.26 Å². The summed E-state index contributed by atoms with van der Waals surface area (Å²) in [5, 5.41) is 11.3. The van der Waals surface area contributed by atoms with Crippen molar-refractivity contribution < 1.29 is 0 Å². The molecule has 0 bridgehead atoms. The van der Waals surface area contributed by atoms with Crippen molar-refractivity contribution in [3.63, 3.8) is 0 Å². The lowest BCUT2D eigenvalue weighted by Gasteiger charge is -2.31. The molecule has 1 saturated carbocycles. The summed E-state index contributed by atoms with van der Waals surface area (Å²) in [5.74, 6) is 0. The molecule has 1 N–H and O–H groups in total. The normalized spacial score (nSPS) is 23.2. The fraction of sp³-hybridized carbons (Fsp3) is 0.875. The Morgan fingerprint density at radius 3 is 2.40 bits per heavy atom. The highest BCUT2D eigenvalue weighted by molar-refractivity contribution is 4.91. The molecule has 56 valence electrons. The maximum atomic E-state index is 8.42. The maximum absolute atomic E-state index is 8.42. The lowest BCUT2D eigenvalue weighted by Crippen LogP contribution is -2.40. The van der Waals surface area contributed by atoms with Crippen LogP contribution in [0.3, 0.4) is 0 Å². The zero-order chi connectivity index (χ0) is 7.45. The third-order valence-electron chi connectivity index (χ3n) is 2.31. The molecule has 0 unspecified atom stereocenters. The van der Waals surface area contributed by atoms with Gasteiger partial charge in [0.25, 0.3) is 0 Å². The summed E-state index contributed by atoms with van der Waals surface area (Å²) in [6, 6.07) is 0. The quantitative estimate of drug-likeness (QED) is 0.443. The summed E-state index contributed by atoms with van der Waals surface area (Å²) >= 11 is 0. The molecule has 2 heteroatoms. The van der Waals surface area contributed by atoms with Gasteiger partial charge in [-0.2, -0.15) is 5.26 Å². The molecule has 1 fully saturated rings. The van der Waals surface area contributed by atoms with Crippen LogP contribution in [0.25, 0.3) is 0 Å². The summed E-state index contributed by atoms with van der Waals surface area (Å²) in [7, 11) is 0. The smallest absolute Gasteiger partial charge is 0.177 e. The van der Waals surface area contributed by atoms with Gasteiger partial charge >= 0.3 is 0 Å². The van der Waals surface area contributed by atoms with E-state index in [1.807, 2.05) is 6.19 Å². The molecular formula is C8H14N2. The molecule has 0 aromatic rings. The standard InChI is InChI=1S/C8H14N2/c1-8(10-7-9)5-3-2-4-6-8/h10H,2-6H2,1H3. The van der Waals surface area contributed by atoms with E-state index in [0.717, 1.165) is 12.8 Å². The first-order valence-electron chi connectivity index (χ1n) is 3.93. The van der Waals surface area contributed by atoms with Crippen LogP contribution in [0, 0.1) is 11.5 Å². The van der Waals surface area contributed by atoms with Gasteiger partial charge in [0.05, 0.1) is 0 Å². The molecular weight excluding hydrogens is 124 g/mol. The van der Waals surface area contributed by atoms with Crippen LogP contribution in [-0.2, 0) is 0 Å². The van der Waals surface area contributed by atoms with Crippen LogP contribution in [0.2, 0.25) is 0 Å². The molecule has 0 heterocycles. The van der Waals surface area contributed by atoms with Crippen LogP contribution in [0.4, 0.5) is 0 Å². The number of rotatable bonds is 1. The highest BCUT2D eigenvalue weighted by atomic mass is 15.0. The van der Waals surface area contributed by atoms with Gasteiger partial charge in [0, 0.05) is 5.54 Å². The first-order chi connectivity index (χ1) is 4.77. The molecule has 1 aliphatic rings. The number of nitriles is 1. The predicted octanol–water partition coefficient (Wildman–Crippen LogP) is 1.78. The van der Waals surface area contributed by atoms with Crippen LogP contribution >= 0.6 is 0 Å². The molecule has 0 aliphatic heterocycles. The van der Waals surface area contributed by atoms with Gasteiger partial charge in [0.2, 0.25) is 0 Å². The van der Waals surface area contributed by atoms with Crippen molar-refractivity contribution >= 4 is 0 Å². The summed E-state index contributed by atoms with van der Waals surface area (Å²) in [6.07, 6.45) is 8.21. The summed E-state index contributed by atoms with van der Waals surface area (Å²) in [4.78, 5) is 0. The van der Waals surface area contributed by atoms with E-state index >= 15 is 0 Å². The number of nitrogens with zero attached hydrogens (tertiary/aromatic N) is 1. The lowest BCUT2D eigenvalue weighted by atomic mass is 9.84. The van der Waals surface area contributed by atoms with Crippen molar-refractivity contribution in [3.05, 3.63) is 0 Å². The second-order valence-corrected chi connectivity index (χ2v) is 3.36. The molecule has 2 nitrogen and oxygen atoms in total. The Morgan fingerprint density at radius 1 is 1.30 bits per heavy atom. The van der Waals surface area contributed by atoms with E-state index < -0.39 is 0 Å². The highest BCUT2D eigenvalue weighted by Gasteiger charge is 2.25. The van der Waals surface area contributed by atoms with E-state index in [9.17, 15) is 0 Å². The minimum atomic E-state index is 0.118. The molecule has 1 aliphatic carbocycles. The van der Waals surface area contributed by atoms with Crippen LogP contribution in [0.5, 0.6) is 0 Å². The van der Waals surface area contributed by atoms with Crippen molar-refractivity contribution in [2.24, 2.45) is 0 Å². The topological polar surface area (TPSA) is 35.8 Å². The summed E-state index contributed by atoms with van der Waals surface area (Å²) in [6.45, 7) is 2.13. The SMILES string of the molecule is CC1(NC#N)CCCCC1. The molecule has 0 saturated heterocycles. The van der Waals surface area contributed by atoms with E-state index in [1.54, 1.807) is 0 Å². The maximum Gasteiger partial charge on any atom is 0.177 e. The molecule has 0 aromatic heterocycles. The zero-order valence-corrected chi connectivity index (χ0v) is 6.48. The Labute approximate surface area is 62.2 Å². The third-order valence-corrected chi connectivity index (χ3v) is 2.31. The molecule has 1 rings (SSSR count). The second-order valence-electron chi connectivity index (χ2n) is 3.36. The molecule has 0 radical (unpaired) electrons. The van der Waals surface area contributed by atoms with Crippen LogP contribution < -0.4 is 5.32 Å². The zero-order valence-electron chi connectivity index (χ0n) is 6.48. The molecule has 0 amide bonds. The van der Waals surface area contributed by atoms with Crippen molar-refractivity contribution in [1.29, 1.82) is 5.26 Å². The van der Waals surface area contributed by atoms with Gasteiger partial charge in [-0.05, 0) is 19.8 Å². The predicted molar refractivity (Wildman–Crippen MR) is 40.2 cm³/mol. The van der Waals surface area contributed by atoms with Gasteiger partial charge in [0.1, 0.15) is 0 Å². The first-order valence-corrected chi connectivity index (χ1v) is 3.93. The number of nitrogens with one attached hydrogen (secondary N) is 1. The van der Waals surface area contributed by atoms with Crippen LogP contribution in [0.1, 0.15) is 39.0 Å². The molecule has 0 spiro atoms. The van der Waals surface area contributed by atoms with Crippen molar-refractivity contribution in [1.82, 2.24) is 5.32 Å². The van der Waals surface area contributed by atoms with Crippen molar-refractivity contribution in [3.8, 4) is 6.19 Å². The third kappa shape index (κ3) is 1.63. The Bertz CT molecular complexity index is 140. The summed E-state index contributed by atoms with van der Waals surface area (Å²) < 4.78 is 0.